The standard InChI is InChI=1S/C18H22NOP.2ClH.Ti/c1-13-9-10-15(20)17(11-13)21-16-8-6-5-7-14(16)12-19-18(2,3)4;;;/h5-12,20-21H,1-4H3;2*1H;/q;;;+2/p-2. The van der Waals surface area contributed by atoms with Gasteiger partial charge in [-0.15, -0.1) is 0 Å². The molecule has 0 aliphatic carbocycles. The van der Waals surface area contributed by atoms with Gasteiger partial charge in [0.15, 0.2) is 0 Å². The first-order valence-corrected chi connectivity index (χ1v) is 12.7. The van der Waals surface area contributed by atoms with Crippen LogP contribution >= 0.6 is 27.2 Å². The van der Waals surface area contributed by atoms with Gasteiger partial charge in [0.25, 0.3) is 0 Å². The van der Waals surface area contributed by atoms with Crippen LogP contribution in [0.4, 0.5) is 0 Å². The van der Waals surface area contributed by atoms with Crippen molar-refractivity contribution in [2.75, 3.05) is 0 Å². The Hall–Kier alpha value is -0.366. The summed E-state index contributed by atoms with van der Waals surface area (Å²) in [5.41, 5.74) is 2.20. The Labute approximate surface area is 163 Å². The number of benzene rings is 2. The molecule has 0 saturated carbocycles. The minimum absolute atomic E-state index is 0.0817. The monoisotopic (exact) mass is 417 g/mol. The fourth-order valence-electron chi connectivity index (χ4n) is 1.88. The van der Waals surface area contributed by atoms with Crippen LogP contribution in [-0.4, -0.2) is 16.9 Å². The number of aryl methyl sites for hydroxylation is 1. The Morgan fingerprint density at radius 1 is 1.08 bits per heavy atom. The molecule has 2 rings (SSSR count). The van der Waals surface area contributed by atoms with Gasteiger partial charge in [0, 0.05) is 17.1 Å². The number of aliphatic imine (C=N–C) groups is 1. The average molecular weight is 418 g/mol. The second-order valence-electron chi connectivity index (χ2n) is 6.23. The van der Waals surface area contributed by atoms with E-state index < -0.39 is 17.0 Å². The number of phenolic OH excluding ortho intramolecular Hbond substituents is 1. The molecule has 0 aromatic heterocycles. The van der Waals surface area contributed by atoms with Gasteiger partial charge in [-0.1, -0.05) is 44.5 Å². The van der Waals surface area contributed by atoms with Gasteiger partial charge in [0.1, 0.15) is 5.75 Å². The Morgan fingerprint density at radius 2 is 1.71 bits per heavy atom. The summed E-state index contributed by atoms with van der Waals surface area (Å²) >= 11 is -0.556. The molecule has 0 fully saturated rings. The predicted octanol–water partition coefficient (Wildman–Crippen LogP) is 4.92. The average Bonchev–Trinajstić information content (AvgIpc) is 2.50. The molecule has 2 aromatic carbocycles. The molecule has 0 saturated heterocycles. The van der Waals surface area contributed by atoms with Crippen LogP contribution in [0.25, 0.3) is 0 Å². The molecule has 0 spiro atoms. The molecule has 24 heavy (non-hydrogen) atoms. The third-order valence-corrected chi connectivity index (χ3v) is 4.37. The third-order valence-electron chi connectivity index (χ3n) is 2.97. The molecule has 2 aromatic rings. The van der Waals surface area contributed by atoms with Crippen LogP contribution in [0, 0.1) is 6.92 Å². The van der Waals surface area contributed by atoms with E-state index >= 15 is 0 Å². The fourth-order valence-corrected chi connectivity index (χ4v) is 3.15. The number of hydrogen-bond donors (Lipinski definition) is 1. The van der Waals surface area contributed by atoms with E-state index in [1.54, 1.807) is 6.07 Å². The number of aromatic hydroxyl groups is 1. The van der Waals surface area contributed by atoms with Crippen molar-refractivity contribution in [2.24, 2.45) is 4.99 Å². The van der Waals surface area contributed by atoms with Gasteiger partial charge in [-0.3, -0.25) is 4.99 Å². The maximum atomic E-state index is 10.0. The summed E-state index contributed by atoms with van der Waals surface area (Å²) in [6.45, 7) is 8.29. The number of phenols is 1. The number of rotatable bonds is 3. The van der Waals surface area contributed by atoms with Crippen LogP contribution in [0.5, 0.6) is 5.75 Å². The van der Waals surface area contributed by atoms with E-state index in [2.05, 4.69) is 37.9 Å². The first-order valence-electron chi connectivity index (χ1n) is 7.44. The maximum absolute atomic E-state index is 10.0. The van der Waals surface area contributed by atoms with Gasteiger partial charge in [0.2, 0.25) is 0 Å². The molecule has 0 radical (unpaired) electrons. The van der Waals surface area contributed by atoms with Crippen molar-refractivity contribution >= 4 is 44.0 Å². The number of nitrogens with zero attached hydrogens (tertiary/aromatic N) is 1. The van der Waals surface area contributed by atoms with Crippen LogP contribution in [0.15, 0.2) is 47.5 Å². The summed E-state index contributed by atoms with van der Waals surface area (Å²) in [7, 11) is 10.2. The number of hydrogen-bond acceptors (Lipinski definition) is 2. The van der Waals surface area contributed by atoms with E-state index in [1.165, 1.54) is 5.30 Å². The van der Waals surface area contributed by atoms with Crippen molar-refractivity contribution < 1.29 is 22.1 Å². The van der Waals surface area contributed by atoms with Crippen LogP contribution in [0.3, 0.4) is 0 Å². The summed E-state index contributed by atoms with van der Waals surface area (Å²) in [5, 5.41) is 12.2. The Kier molecular flexibility index (Phi) is 9.56. The van der Waals surface area contributed by atoms with E-state index in [-0.39, 0.29) is 5.54 Å². The second-order valence-corrected chi connectivity index (χ2v) is 10.1. The Bertz CT molecular complexity index is 687. The van der Waals surface area contributed by atoms with Crippen LogP contribution in [0.2, 0.25) is 0 Å². The molecule has 0 heterocycles. The Balaban J connectivity index is 0.000000891. The molecule has 0 amide bonds. The molecule has 0 aliphatic heterocycles. The predicted molar refractivity (Wildman–Crippen MR) is 106 cm³/mol. The van der Waals surface area contributed by atoms with Crippen molar-refractivity contribution in [3.63, 3.8) is 0 Å². The fraction of sp³-hybridized carbons (Fsp3) is 0.278. The van der Waals surface area contributed by atoms with Crippen LogP contribution in [-0.2, 0) is 17.0 Å². The topological polar surface area (TPSA) is 32.6 Å². The van der Waals surface area contributed by atoms with Gasteiger partial charge in [-0.25, -0.2) is 0 Å². The zero-order chi connectivity index (χ0) is 18.2. The molecule has 1 unspecified atom stereocenters. The Morgan fingerprint density at radius 3 is 2.33 bits per heavy atom. The van der Waals surface area contributed by atoms with E-state index in [9.17, 15) is 5.11 Å². The molecule has 0 bridgehead atoms. The molecule has 1 atom stereocenters. The first-order chi connectivity index (χ1) is 11.3. The summed E-state index contributed by atoms with van der Waals surface area (Å²) in [6.07, 6.45) is 1.94. The van der Waals surface area contributed by atoms with E-state index in [1.807, 2.05) is 37.4 Å². The van der Waals surface area contributed by atoms with Crippen LogP contribution in [0.1, 0.15) is 31.9 Å². The van der Waals surface area contributed by atoms with Crippen molar-refractivity contribution in [1.82, 2.24) is 0 Å². The van der Waals surface area contributed by atoms with Crippen molar-refractivity contribution in [3.05, 3.63) is 53.6 Å². The summed E-state index contributed by atoms with van der Waals surface area (Å²) < 4.78 is 0. The van der Waals surface area contributed by atoms with Gasteiger partial charge < -0.3 is 5.11 Å². The SMILES string of the molecule is Cc1ccc(O)c(Pc2ccccc2C=NC(C)(C)C)c1.[Cl][Ti][Cl]. The molecular formula is C18H22Cl2NOPTi. The zero-order valence-electron chi connectivity index (χ0n) is 14.3. The van der Waals surface area contributed by atoms with Crippen LogP contribution < -0.4 is 10.6 Å². The van der Waals surface area contributed by atoms with E-state index in [0.717, 1.165) is 16.4 Å². The molecule has 0 aliphatic rings. The van der Waals surface area contributed by atoms with E-state index in [0.29, 0.717) is 14.3 Å². The van der Waals surface area contributed by atoms with Crippen molar-refractivity contribution in [3.8, 4) is 5.75 Å². The molecular weight excluding hydrogens is 396 g/mol. The van der Waals surface area contributed by atoms with Gasteiger partial charge in [-0.2, -0.15) is 0 Å². The summed E-state index contributed by atoms with van der Waals surface area (Å²) in [6, 6.07) is 14.0. The first kappa shape index (κ1) is 21.7. The third kappa shape index (κ3) is 8.14. The number of halogens is 2. The molecule has 1 N–H and O–H groups in total. The normalized spacial score (nSPS) is 11.6. The van der Waals surface area contributed by atoms with Crippen molar-refractivity contribution in [1.29, 1.82) is 0 Å². The van der Waals surface area contributed by atoms with Crippen molar-refractivity contribution in [2.45, 2.75) is 33.2 Å². The summed E-state index contributed by atoms with van der Waals surface area (Å²) in [4.78, 5) is 4.59. The zero-order valence-corrected chi connectivity index (χ0v) is 18.3. The molecule has 6 heteroatoms. The van der Waals surface area contributed by atoms with Gasteiger partial charge >= 0.3 is 35.6 Å². The summed E-state index contributed by atoms with van der Waals surface area (Å²) in [5.74, 6) is 0.362. The quantitative estimate of drug-likeness (QED) is 0.429. The van der Waals surface area contributed by atoms with Gasteiger partial charge in [0.05, 0.1) is 5.54 Å². The molecule has 128 valence electrons. The molecule has 2 nitrogen and oxygen atoms in total. The minimum atomic E-state index is -0.556. The van der Waals surface area contributed by atoms with Gasteiger partial charge in [-0.05, 0) is 45.1 Å². The second kappa shape index (κ2) is 10.6. The van der Waals surface area contributed by atoms with E-state index in [4.69, 9.17) is 18.6 Å².